The molecule has 2 aliphatic rings. The van der Waals surface area contributed by atoms with Crippen LogP contribution >= 0.6 is 0 Å². The molecule has 0 unspecified atom stereocenters. The number of para-hydroxylation sites is 1. The molecule has 2 aliphatic heterocycles. The first-order valence-corrected chi connectivity index (χ1v) is 8.45. The van der Waals surface area contributed by atoms with Gasteiger partial charge in [0.2, 0.25) is 5.91 Å². The zero-order chi connectivity index (χ0) is 16.1. The van der Waals surface area contributed by atoms with Gasteiger partial charge in [-0.2, -0.15) is 0 Å². The highest BCUT2D eigenvalue weighted by Crippen LogP contribution is 2.37. The summed E-state index contributed by atoms with van der Waals surface area (Å²) in [5.41, 5.74) is 0.901. The summed E-state index contributed by atoms with van der Waals surface area (Å²) in [6.07, 6.45) is 3.37. The number of methoxy groups -OCH3 is 1. The topological polar surface area (TPSA) is 50.8 Å². The highest BCUT2D eigenvalue weighted by Gasteiger charge is 2.44. The van der Waals surface area contributed by atoms with Crippen molar-refractivity contribution in [2.45, 2.75) is 37.3 Å². The third kappa shape index (κ3) is 3.74. The SMILES string of the molecule is COCCC(=O)N(c1ccccc1)[C@@H]1COC2(CCNCC2)C1. The Morgan fingerprint density at radius 2 is 2.09 bits per heavy atom. The Hall–Kier alpha value is -1.43. The molecule has 1 aromatic carbocycles. The minimum atomic E-state index is -0.0511. The number of ether oxygens (including phenoxy) is 2. The van der Waals surface area contributed by atoms with Gasteiger partial charge >= 0.3 is 0 Å². The van der Waals surface area contributed by atoms with E-state index >= 15 is 0 Å². The first kappa shape index (κ1) is 16.4. The van der Waals surface area contributed by atoms with Gasteiger partial charge in [-0.15, -0.1) is 0 Å². The van der Waals surface area contributed by atoms with Crippen molar-refractivity contribution in [2.24, 2.45) is 0 Å². The fraction of sp³-hybridized carbons (Fsp3) is 0.611. The van der Waals surface area contributed by atoms with Crippen molar-refractivity contribution in [2.75, 3.05) is 38.3 Å². The lowest BCUT2D eigenvalue weighted by molar-refractivity contribution is -0.120. The lowest BCUT2D eigenvalue weighted by Crippen LogP contribution is -2.44. The van der Waals surface area contributed by atoms with E-state index in [2.05, 4.69) is 5.32 Å². The number of carbonyl (C=O) groups excluding carboxylic acids is 1. The standard InChI is InChI=1S/C18H26N2O3/c1-22-12-7-17(21)20(15-5-3-2-4-6-15)16-13-18(23-14-16)8-10-19-11-9-18/h2-6,16,19H,7-14H2,1H3/t16-/m0/s1. The van der Waals surface area contributed by atoms with Gasteiger partial charge in [-0.25, -0.2) is 0 Å². The predicted octanol–water partition coefficient (Wildman–Crippen LogP) is 1.97. The largest absolute Gasteiger partial charge is 0.384 e. The van der Waals surface area contributed by atoms with Crippen molar-refractivity contribution in [1.29, 1.82) is 0 Å². The minimum absolute atomic E-state index is 0.0511. The van der Waals surface area contributed by atoms with Crippen molar-refractivity contribution >= 4 is 11.6 Å². The van der Waals surface area contributed by atoms with Crippen LogP contribution in [0.25, 0.3) is 0 Å². The minimum Gasteiger partial charge on any atom is -0.384 e. The van der Waals surface area contributed by atoms with Crippen molar-refractivity contribution in [3.05, 3.63) is 30.3 Å². The Labute approximate surface area is 137 Å². The molecular formula is C18H26N2O3. The van der Waals surface area contributed by atoms with E-state index in [0.29, 0.717) is 19.6 Å². The number of hydrogen-bond donors (Lipinski definition) is 1. The van der Waals surface area contributed by atoms with Crippen molar-refractivity contribution in [3.8, 4) is 0 Å². The van der Waals surface area contributed by atoms with Gasteiger partial charge in [-0.1, -0.05) is 18.2 Å². The summed E-state index contributed by atoms with van der Waals surface area (Å²) < 4.78 is 11.3. The molecule has 1 amide bonds. The van der Waals surface area contributed by atoms with E-state index < -0.39 is 0 Å². The smallest absolute Gasteiger partial charge is 0.229 e. The second kappa shape index (κ2) is 7.43. The zero-order valence-corrected chi connectivity index (χ0v) is 13.8. The van der Waals surface area contributed by atoms with Gasteiger partial charge in [0, 0.05) is 12.8 Å². The normalized spacial score (nSPS) is 23.1. The summed E-state index contributed by atoms with van der Waals surface area (Å²) >= 11 is 0. The Balaban J connectivity index is 1.77. The van der Waals surface area contributed by atoms with Crippen LogP contribution in [0.4, 0.5) is 5.69 Å². The van der Waals surface area contributed by atoms with Gasteiger partial charge in [0.1, 0.15) is 0 Å². The van der Waals surface area contributed by atoms with Crippen molar-refractivity contribution in [3.63, 3.8) is 0 Å². The molecule has 1 spiro atoms. The molecule has 0 bridgehead atoms. The molecule has 1 atom stereocenters. The average Bonchev–Trinajstić information content (AvgIpc) is 2.98. The molecule has 2 fully saturated rings. The zero-order valence-electron chi connectivity index (χ0n) is 13.8. The highest BCUT2D eigenvalue weighted by atomic mass is 16.5. The van der Waals surface area contributed by atoms with Crippen LogP contribution in [0, 0.1) is 0 Å². The van der Waals surface area contributed by atoms with Crippen LogP contribution in [-0.2, 0) is 14.3 Å². The number of anilines is 1. The molecule has 2 saturated heterocycles. The maximum atomic E-state index is 12.7. The number of piperidine rings is 1. The van der Waals surface area contributed by atoms with Gasteiger partial charge in [-0.3, -0.25) is 4.79 Å². The van der Waals surface area contributed by atoms with Crippen LogP contribution in [0.2, 0.25) is 0 Å². The summed E-state index contributed by atoms with van der Waals surface area (Å²) in [5.74, 6) is 0.109. The van der Waals surface area contributed by atoms with Crippen LogP contribution in [0.3, 0.4) is 0 Å². The van der Waals surface area contributed by atoms with Gasteiger partial charge in [0.25, 0.3) is 0 Å². The number of benzene rings is 1. The van der Waals surface area contributed by atoms with E-state index in [1.807, 2.05) is 35.2 Å². The van der Waals surface area contributed by atoms with Crippen molar-refractivity contribution < 1.29 is 14.3 Å². The molecule has 3 rings (SSSR count). The van der Waals surface area contributed by atoms with E-state index in [4.69, 9.17) is 9.47 Å². The fourth-order valence-corrected chi connectivity index (χ4v) is 3.67. The lowest BCUT2D eigenvalue weighted by Gasteiger charge is -2.34. The first-order valence-electron chi connectivity index (χ1n) is 8.45. The molecule has 126 valence electrons. The Kier molecular flexibility index (Phi) is 5.30. The molecule has 5 heteroatoms. The molecule has 0 aliphatic carbocycles. The summed E-state index contributed by atoms with van der Waals surface area (Å²) in [4.78, 5) is 14.7. The molecule has 2 heterocycles. The maximum Gasteiger partial charge on any atom is 0.229 e. The van der Waals surface area contributed by atoms with Crippen LogP contribution in [0.15, 0.2) is 30.3 Å². The molecule has 5 nitrogen and oxygen atoms in total. The summed E-state index contributed by atoms with van der Waals surface area (Å²) in [7, 11) is 1.63. The van der Waals surface area contributed by atoms with Crippen LogP contribution in [0.1, 0.15) is 25.7 Å². The molecule has 1 N–H and O–H groups in total. The third-order valence-corrected chi connectivity index (χ3v) is 4.89. The average molecular weight is 318 g/mol. The Bertz CT molecular complexity index is 514. The van der Waals surface area contributed by atoms with Crippen molar-refractivity contribution in [1.82, 2.24) is 5.32 Å². The van der Waals surface area contributed by atoms with E-state index in [9.17, 15) is 4.79 Å². The predicted molar refractivity (Wildman–Crippen MR) is 89.6 cm³/mol. The van der Waals surface area contributed by atoms with Crippen LogP contribution in [0.5, 0.6) is 0 Å². The lowest BCUT2D eigenvalue weighted by atomic mass is 9.88. The molecule has 0 saturated carbocycles. The first-order chi connectivity index (χ1) is 11.2. The number of amides is 1. The summed E-state index contributed by atoms with van der Waals surface area (Å²) in [5, 5.41) is 3.39. The molecule has 0 radical (unpaired) electrons. The van der Waals surface area contributed by atoms with Gasteiger partial charge in [0.15, 0.2) is 0 Å². The second-order valence-corrected chi connectivity index (χ2v) is 6.44. The van der Waals surface area contributed by atoms with E-state index in [0.717, 1.165) is 38.0 Å². The third-order valence-electron chi connectivity index (χ3n) is 4.89. The van der Waals surface area contributed by atoms with E-state index in [1.165, 1.54) is 0 Å². The Morgan fingerprint density at radius 3 is 2.78 bits per heavy atom. The van der Waals surface area contributed by atoms with Gasteiger partial charge in [-0.05, 0) is 44.5 Å². The maximum absolute atomic E-state index is 12.7. The number of nitrogens with one attached hydrogen (secondary N) is 1. The fourth-order valence-electron chi connectivity index (χ4n) is 3.67. The summed E-state index contributed by atoms with van der Waals surface area (Å²) in [6, 6.07) is 10.0. The molecular weight excluding hydrogens is 292 g/mol. The quantitative estimate of drug-likeness (QED) is 0.902. The number of carbonyl (C=O) groups is 1. The molecule has 23 heavy (non-hydrogen) atoms. The molecule has 0 aromatic heterocycles. The second-order valence-electron chi connectivity index (χ2n) is 6.44. The Morgan fingerprint density at radius 1 is 1.35 bits per heavy atom. The number of rotatable bonds is 5. The van der Waals surface area contributed by atoms with E-state index in [-0.39, 0.29) is 17.6 Å². The van der Waals surface area contributed by atoms with Gasteiger partial charge in [0.05, 0.1) is 31.3 Å². The van der Waals surface area contributed by atoms with Gasteiger partial charge < -0.3 is 19.7 Å². The number of nitrogens with zero attached hydrogens (tertiary/aromatic N) is 1. The van der Waals surface area contributed by atoms with E-state index in [1.54, 1.807) is 7.11 Å². The highest BCUT2D eigenvalue weighted by molar-refractivity contribution is 5.94. The number of hydrogen-bond acceptors (Lipinski definition) is 4. The molecule has 1 aromatic rings. The van der Waals surface area contributed by atoms with Crippen LogP contribution in [-0.4, -0.2) is 51.0 Å². The van der Waals surface area contributed by atoms with Crippen LogP contribution < -0.4 is 10.2 Å². The summed E-state index contributed by atoms with van der Waals surface area (Å²) in [6.45, 7) is 3.06. The monoisotopic (exact) mass is 318 g/mol.